The SMILES string of the molecule is Cc1cc(-c2cccc(-c3cc[nH]n3)c2)cnc1-n1cnn(CC(CN)=C(F)F)c1=O. The maximum atomic E-state index is 12.9. The second kappa shape index (κ2) is 8.44. The minimum atomic E-state index is -1.90. The molecule has 0 amide bonds. The number of pyridine rings is 1. The van der Waals surface area contributed by atoms with Crippen LogP contribution in [0.3, 0.4) is 0 Å². The lowest BCUT2D eigenvalue weighted by Crippen LogP contribution is -2.27. The molecule has 0 aliphatic rings. The van der Waals surface area contributed by atoms with E-state index < -0.39 is 11.8 Å². The standard InChI is InChI=1S/C21H19F2N7O/c1-13-7-16(14-3-2-4-15(8-14)18-5-6-26-28-18)10-25-20(13)29-12-27-30(21(29)31)11-17(9-24)19(22)23/h2-8,10,12H,9,11,24H2,1H3,(H,26,28). The molecule has 10 heteroatoms. The van der Waals surface area contributed by atoms with E-state index in [2.05, 4.69) is 20.3 Å². The topological polar surface area (TPSA) is 107 Å². The molecule has 0 saturated heterocycles. The molecule has 3 N–H and O–H groups in total. The Balaban J connectivity index is 1.66. The molecular weight excluding hydrogens is 404 g/mol. The number of halogens is 2. The lowest BCUT2D eigenvalue weighted by Gasteiger charge is -2.09. The summed E-state index contributed by atoms with van der Waals surface area (Å²) in [6.45, 7) is 1.09. The van der Waals surface area contributed by atoms with Crippen molar-refractivity contribution in [2.24, 2.45) is 5.73 Å². The van der Waals surface area contributed by atoms with Crippen molar-refractivity contribution in [2.45, 2.75) is 13.5 Å². The molecule has 0 unspecified atom stereocenters. The van der Waals surface area contributed by atoms with Gasteiger partial charge in [-0.2, -0.15) is 19.0 Å². The highest BCUT2D eigenvalue weighted by Crippen LogP contribution is 2.26. The maximum absolute atomic E-state index is 12.9. The highest BCUT2D eigenvalue weighted by Gasteiger charge is 2.14. The summed E-state index contributed by atoms with van der Waals surface area (Å²) in [4.78, 5) is 17.1. The van der Waals surface area contributed by atoms with Crippen LogP contribution in [0.2, 0.25) is 0 Å². The number of rotatable bonds is 6. The third-order valence-electron chi connectivity index (χ3n) is 4.86. The normalized spacial score (nSPS) is 11.0. The van der Waals surface area contributed by atoms with E-state index in [0.29, 0.717) is 5.82 Å². The minimum Gasteiger partial charge on any atom is -0.327 e. The van der Waals surface area contributed by atoms with E-state index in [9.17, 15) is 13.6 Å². The molecule has 4 aromatic rings. The summed E-state index contributed by atoms with van der Waals surface area (Å²) in [6.07, 6.45) is 2.77. The summed E-state index contributed by atoms with van der Waals surface area (Å²) in [6, 6.07) is 11.7. The molecule has 0 atom stereocenters. The average molecular weight is 423 g/mol. The van der Waals surface area contributed by atoms with Crippen molar-refractivity contribution < 1.29 is 8.78 Å². The molecule has 0 aliphatic carbocycles. The van der Waals surface area contributed by atoms with E-state index in [1.54, 1.807) is 12.4 Å². The number of aromatic amines is 1. The fourth-order valence-electron chi connectivity index (χ4n) is 3.23. The van der Waals surface area contributed by atoms with Gasteiger partial charge in [0, 0.05) is 35.6 Å². The zero-order valence-corrected chi connectivity index (χ0v) is 16.6. The monoisotopic (exact) mass is 423 g/mol. The molecule has 3 heterocycles. The molecule has 0 fully saturated rings. The van der Waals surface area contributed by atoms with Crippen molar-refractivity contribution >= 4 is 0 Å². The lowest BCUT2D eigenvalue weighted by atomic mass is 10.0. The van der Waals surface area contributed by atoms with Crippen LogP contribution in [0.4, 0.5) is 8.78 Å². The molecule has 3 aromatic heterocycles. The Hall–Kier alpha value is -3.92. The van der Waals surface area contributed by atoms with E-state index in [1.807, 2.05) is 43.3 Å². The molecular formula is C21H19F2N7O. The van der Waals surface area contributed by atoms with Gasteiger partial charge in [0.15, 0.2) is 0 Å². The van der Waals surface area contributed by atoms with Crippen molar-refractivity contribution in [1.82, 2.24) is 29.5 Å². The molecule has 4 rings (SSSR count). The van der Waals surface area contributed by atoms with Gasteiger partial charge >= 0.3 is 5.69 Å². The first kappa shape index (κ1) is 20.4. The average Bonchev–Trinajstić information content (AvgIpc) is 3.42. The Morgan fingerprint density at radius 1 is 1.16 bits per heavy atom. The molecule has 0 saturated carbocycles. The van der Waals surface area contributed by atoms with E-state index in [0.717, 1.165) is 32.6 Å². The lowest BCUT2D eigenvalue weighted by molar-refractivity contribution is 0.400. The highest BCUT2D eigenvalue weighted by atomic mass is 19.3. The van der Waals surface area contributed by atoms with Crippen LogP contribution in [-0.4, -0.2) is 36.1 Å². The van der Waals surface area contributed by atoms with Crippen LogP contribution >= 0.6 is 0 Å². The Kier molecular flexibility index (Phi) is 5.54. The Morgan fingerprint density at radius 2 is 1.97 bits per heavy atom. The number of benzene rings is 1. The first-order chi connectivity index (χ1) is 15.0. The summed E-state index contributed by atoms with van der Waals surface area (Å²) in [5.74, 6) is 0.377. The van der Waals surface area contributed by atoms with Crippen molar-refractivity contribution in [3.63, 3.8) is 0 Å². The molecule has 8 nitrogen and oxygen atoms in total. The third kappa shape index (κ3) is 4.05. The molecule has 0 radical (unpaired) electrons. The summed E-state index contributed by atoms with van der Waals surface area (Å²) in [5.41, 5.74) is 8.74. The molecule has 0 bridgehead atoms. The number of nitrogens with two attached hydrogens (primary N) is 1. The van der Waals surface area contributed by atoms with Gasteiger partial charge in [-0.3, -0.25) is 5.10 Å². The zero-order chi connectivity index (χ0) is 22.0. The molecule has 0 spiro atoms. The second-order valence-electron chi connectivity index (χ2n) is 6.91. The predicted octanol–water partition coefficient (Wildman–Crippen LogP) is 2.90. The number of nitrogens with zero attached hydrogens (tertiary/aromatic N) is 5. The number of hydrogen-bond acceptors (Lipinski definition) is 5. The number of H-pyrrole nitrogens is 1. The van der Waals surface area contributed by atoms with Crippen LogP contribution in [0, 0.1) is 6.92 Å². The molecule has 158 valence electrons. The first-order valence-electron chi connectivity index (χ1n) is 9.43. The van der Waals surface area contributed by atoms with Gasteiger partial charge in [-0.15, -0.1) is 0 Å². The van der Waals surface area contributed by atoms with Gasteiger partial charge in [0.05, 0.1) is 12.2 Å². The zero-order valence-electron chi connectivity index (χ0n) is 16.6. The Bertz CT molecular complexity index is 1300. The van der Waals surface area contributed by atoms with Crippen molar-refractivity contribution in [2.75, 3.05) is 6.54 Å². The maximum Gasteiger partial charge on any atom is 0.351 e. The van der Waals surface area contributed by atoms with Crippen LogP contribution in [0.5, 0.6) is 0 Å². The van der Waals surface area contributed by atoms with Gasteiger partial charge in [0.2, 0.25) is 0 Å². The number of hydrogen-bond donors (Lipinski definition) is 2. The summed E-state index contributed by atoms with van der Waals surface area (Å²) >= 11 is 0. The summed E-state index contributed by atoms with van der Waals surface area (Å²) in [7, 11) is 0. The van der Waals surface area contributed by atoms with E-state index in [-0.39, 0.29) is 18.7 Å². The van der Waals surface area contributed by atoms with Gasteiger partial charge in [-0.1, -0.05) is 18.2 Å². The van der Waals surface area contributed by atoms with Gasteiger partial charge in [0.25, 0.3) is 6.08 Å². The van der Waals surface area contributed by atoms with Crippen LogP contribution < -0.4 is 11.4 Å². The quantitative estimate of drug-likeness (QED) is 0.496. The van der Waals surface area contributed by atoms with Crippen molar-refractivity contribution in [3.8, 4) is 28.2 Å². The van der Waals surface area contributed by atoms with E-state index in [4.69, 9.17) is 5.73 Å². The Labute approximate surface area is 175 Å². The second-order valence-corrected chi connectivity index (χ2v) is 6.91. The van der Waals surface area contributed by atoms with Crippen molar-refractivity contribution in [1.29, 1.82) is 0 Å². The number of aromatic nitrogens is 6. The first-order valence-corrected chi connectivity index (χ1v) is 9.43. The van der Waals surface area contributed by atoms with Crippen LogP contribution in [0.15, 0.2) is 71.6 Å². The van der Waals surface area contributed by atoms with Crippen LogP contribution in [-0.2, 0) is 6.54 Å². The van der Waals surface area contributed by atoms with E-state index in [1.165, 1.54) is 10.9 Å². The van der Waals surface area contributed by atoms with Crippen molar-refractivity contribution in [3.05, 3.63) is 82.8 Å². The van der Waals surface area contributed by atoms with Gasteiger partial charge < -0.3 is 5.73 Å². The Morgan fingerprint density at radius 3 is 2.65 bits per heavy atom. The van der Waals surface area contributed by atoms with Gasteiger partial charge in [-0.25, -0.2) is 19.0 Å². The van der Waals surface area contributed by atoms with E-state index >= 15 is 0 Å². The van der Waals surface area contributed by atoms with Gasteiger partial charge in [0.1, 0.15) is 12.1 Å². The highest BCUT2D eigenvalue weighted by molar-refractivity contribution is 5.71. The summed E-state index contributed by atoms with van der Waals surface area (Å²) < 4.78 is 27.9. The van der Waals surface area contributed by atoms with Crippen LogP contribution in [0.1, 0.15) is 5.56 Å². The molecule has 0 aliphatic heterocycles. The molecule has 1 aromatic carbocycles. The largest absolute Gasteiger partial charge is 0.351 e. The minimum absolute atomic E-state index is 0.343. The fraction of sp³-hybridized carbons (Fsp3) is 0.143. The smallest absolute Gasteiger partial charge is 0.327 e. The summed E-state index contributed by atoms with van der Waals surface area (Å²) in [5, 5.41) is 10.9. The fourth-order valence-corrected chi connectivity index (χ4v) is 3.23. The van der Waals surface area contributed by atoms with Crippen LogP contribution in [0.25, 0.3) is 28.2 Å². The number of nitrogens with one attached hydrogen (secondary N) is 1. The predicted molar refractivity (Wildman–Crippen MR) is 112 cm³/mol. The number of aryl methyl sites for hydroxylation is 1. The molecule has 31 heavy (non-hydrogen) atoms. The third-order valence-corrected chi connectivity index (χ3v) is 4.86. The van der Waals surface area contributed by atoms with Gasteiger partial charge in [-0.05, 0) is 36.2 Å².